The van der Waals surface area contributed by atoms with Gasteiger partial charge in [0.2, 0.25) is 11.7 Å². The van der Waals surface area contributed by atoms with Gasteiger partial charge < -0.3 is 10.2 Å². The van der Waals surface area contributed by atoms with Crippen molar-refractivity contribution >= 4 is 23.3 Å². The van der Waals surface area contributed by atoms with Crippen molar-refractivity contribution in [1.29, 1.82) is 0 Å². The number of fused-ring (bicyclic) bond motifs is 1. The minimum absolute atomic E-state index is 0.00719. The van der Waals surface area contributed by atoms with Crippen molar-refractivity contribution in [1.82, 2.24) is 24.9 Å². The van der Waals surface area contributed by atoms with E-state index >= 15 is 0 Å². The Balaban J connectivity index is 1.51. The van der Waals surface area contributed by atoms with Crippen LogP contribution < -0.4 is 10.2 Å². The fourth-order valence-corrected chi connectivity index (χ4v) is 2.90. The van der Waals surface area contributed by atoms with Crippen molar-refractivity contribution < 1.29 is 9.59 Å². The molecular formula is C17H16N6O2. The van der Waals surface area contributed by atoms with Gasteiger partial charge in [0.1, 0.15) is 6.04 Å². The average Bonchev–Trinajstić information content (AvgIpc) is 3.21. The maximum atomic E-state index is 12.6. The van der Waals surface area contributed by atoms with Crippen LogP contribution in [0.25, 0.3) is 5.78 Å². The second-order valence-electron chi connectivity index (χ2n) is 5.87. The number of amides is 2. The molecule has 25 heavy (non-hydrogen) atoms. The minimum Gasteiger partial charge on any atom is -0.337 e. The first-order valence-electron chi connectivity index (χ1n) is 7.99. The number of benzene rings is 1. The van der Waals surface area contributed by atoms with Gasteiger partial charge in [0.15, 0.2) is 0 Å². The van der Waals surface area contributed by atoms with E-state index in [-0.39, 0.29) is 11.7 Å². The van der Waals surface area contributed by atoms with Gasteiger partial charge in [-0.3, -0.25) is 9.59 Å². The number of nitrogens with zero attached hydrogens (tertiary/aromatic N) is 5. The van der Waals surface area contributed by atoms with Crippen LogP contribution >= 0.6 is 0 Å². The summed E-state index contributed by atoms with van der Waals surface area (Å²) in [6.45, 7) is 2.41. The summed E-state index contributed by atoms with van der Waals surface area (Å²) >= 11 is 0. The zero-order chi connectivity index (χ0) is 17.4. The zero-order valence-corrected chi connectivity index (χ0v) is 13.6. The lowest BCUT2D eigenvalue weighted by Gasteiger charge is -2.16. The average molecular weight is 336 g/mol. The van der Waals surface area contributed by atoms with Crippen LogP contribution in [0, 0.1) is 6.92 Å². The van der Waals surface area contributed by atoms with Crippen LogP contribution in [0.1, 0.15) is 22.7 Å². The van der Waals surface area contributed by atoms with E-state index in [1.165, 1.54) is 4.52 Å². The highest BCUT2D eigenvalue weighted by atomic mass is 16.2. The Hall–Kier alpha value is -3.29. The normalized spacial score (nSPS) is 17.2. The summed E-state index contributed by atoms with van der Waals surface area (Å²) in [4.78, 5) is 34.8. The monoisotopic (exact) mass is 336 g/mol. The summed E-state index contributed by atoms with van der Waals surface area (Å²) in [5, 5.41) is 6.89. The number of rotatable bonds is 3. The molecule has 1 atom stereocenters. The van der Waals surface area contributed by atoms with Gasteiger partial charge in [0.05, 0.1) is 0 Å². The zero-order valence-electron chi connectivity index (χ0n) is 13.6. The standard InChI is InChI=1S/C17H16N6O2/c1-11-7-9-18-17-20-14(21-23(11)17)15(24)19-13-8-10-22(16(13)25)12-5-3-2-4-6-12/h2-7,9,13H,8,10H2,1H3,(H,19,24)/t13-/m0/s1. The lowest BCUT2D eigenvalue weighted by atomic mass is 10.2. The topological polar surface area (TPSA) is 92.5 Å². The van der Waals surface area contributed by atoms with Crippen molar-refractivity contribution in [2.75, 3.05) is 11.4 Å². The number of hydrogen-bond donors (Lipinski definition) is 1. The van der Waals surface area contributed by atoms with Crippen molar-refractivity contribution in [3.63, 3.8) is 0 Å². The SMILES string of the molecule is Cc1ccnc2nc(C(=O)N[C@H]3CCN(c4ccccc4)C3=O)nn12. The van der Waals surface area contributed by atoms with Crippen LogP contribution in [0.2, 0.25) is 0 Å². The molecule has 126 valence electrons. The van der Waals surface area contributed by atoms with E-state index in [1.807, 2.05) is 37.3 Å². The Labute approximate surface area is 143 Å². The molecule has 3 aromatic rings. The molecule has 3 heterocycles. The highest BCUT2D eigenvalue weighted by Crippen LogP contribution is 2.21. The van der Waals surface area contributed by atoms with Gasteiger partial charge in [0, 0.05) is 24.1 Å². The van der Waals surface area contributed by atoms with E-state index < -0.39 is 11.9 Å². The Morgan fingerprint density at radius 1 is 1.24 bits per heavy atom. The van der Waals surface area contributed by atoms with Gasteiger partial charge in [-0.25, -0.2) is 9.50 Å². The van der Waals surface area contributed by atoms with E-state index in [1.54, 1.807) is 17.2 Å². The van der Waals surface area contributed by atoms with Crippen LogP contribution in [0.3, 0.4) is 0 Å². The highest BCUT2D eigenvalue weighted by molar-refractivity contribution is 6.03. The van der Waals surface area contributed by atoms with Crippen molar-refractivity contribution in [2.24, 2.45) is 0 Å². The van der Waals surface area contributed by atoms with Gasteiger partial charge >= 0.3 is 0 Å². The fraction of sp³-hybridized carbons (Fsp3) is 0.235. The first-order valence-corrected chi connectivity index (χ1v) is 7.99. The highest BCUT2D eigenvalue weighted by Gasteiger charge is 2.34. The lowest BCUT2D eigenvalue weighted by Crippen LogP contribution is -2.41. The summed E-state index contributed by atoms with van der Waals surface area (Å²) < 4.78 is 1.50. The fourth-order valence-electron chi connectivity index (χ4n) is 2.90. The number of hydrogen-bond acceptors (Lipinski definition) is 5. The number of anilines is 1. The smallest absolute Gasteiger partial charge is 0.291 e. The van der Waals surface area contributed by atoms with Crippen LogP contribution in [-0.2, 0) is 4.79 Å². The Morgan fingerprint density at radius 2 is 2.04 bits per heavy atom. The molecule has 2 aromatic heterocycles. The molecule has 1 aromatic carbocycles. The number of aryl methyl sites for hydroxylation is 1. The minimum atomic E-state index is -0.576. The predicted molar refractivity (Wildman–Crippen MR) is 90.2 cm³/mol. The maximum Gasteiger partial charge on any atom is 0.291 e. The second kappa shape index (κ2) is 5.97. The third-order valence-corrected chi connectivity index (χ3v) is 4.21. The molecular weight excluding hydrogens is 320 g/mol. The van der Waals surface area contributed by atoms with Crippen molar-refractivity contribution in [3.8, 4) is 0 Å². The summed E-state index contributed by atoms with van der Waals surface area (Å²) in [6, 6.07) is 10.6. The third-order valence-electron chi connectivity index (χ3n) is 4.21. The Bertz CT molecular complexity index is 952. The molecule has 0 spiro atoms. The predicted octanol–water partition coefficient (Wildman–Crippen LogP) is 0.968. The van der Waals surface area contributed by atoms with Gasteiger partial charge in [-0.1, -0.05) is 18.2 Å². The first kappa shape index (κ1) is 15.3. The van der Waals surface area contributed by atoms with E-state index in [0.29, 0.717) is 18.7 Å². The first-order chi connectivity index (χ1) is 12.1. The van der Waals surface area contributed by atoms with Crippen LogP contribution in [-0.4, -0.2) is 44.0 Å². The lowest BCUT2D eigenvalue weighted by molar-refractivity contribution is -0.118. The molecule has 0 bridgehead atoms. The molecule has 1 aliphatic heterocycles. The Kier molecular flexibility index (Phi) is 3.64. The van der Waals surface area contributed by atoms with Crippen molar-refractivity contribution in [2.45, 2.75) is 19.4 Å². The van der Waals surface area contributed by atoms with Gasteiger partial charge in [-0.2, -0.15) is 4.98 Å². The van der Waals surface area contributed by atoms with Gasteiger partial charge in [0.25, 0.3) is 11.7 Å². The summed E-state index contributed by atoms with van der Waals surface area (Å²) in [5.41, 5.74) is 1.65. The third kappa shape index (κ3) is 2.71. The summed E-state index contributed by atoms with van der Waals surface area (Å²) in [6.07, 6.45) is 2.16. The summed E-state index contributed by atoms with van der Waals surface area (Å²) in [7, 11) is 0. The van der Waals surface area contributed by atoms with Gasteiger partial charge in [-0.05, 0) is 31.5 Å². The van der Waals surface area contributed by atoms with E-state index in [4.69, 9.17) is 0 Å². The molecule has 4 rings (SSSR count). The molecule has 8 nitrogen and oxygen atoms in total. The molecule has 1 fully saturated rings. The largest absolute Gasteiger partial charge is 0.337 e. The quantitative estimate of drug-likeness (QED) is 0.769. The molecule has 2 amide bonds. The molecule has 0 saturated carbocycles. The number of nitrogens with one attached hydrogen (secondary N) is 1. The number of para-hydroxylation sites is 1. The van der Waals surface area contributed by atoms with Crippen LogP contribution in [0.15, 0.2) is 42.6 Å². The number of carbonyl (C=O) groups is 2. The number of aromatic nitrogens is 4. The van der Waals surface area contributed by atoms with Crippen LogP contribution in [0.5, 0.6) is 0 Å². The van der Waals surface area contributed by atoms with Crippen molar-refractivity contribution in [3.05, 3.63) is 54.1 Å². The van der Waals surface area contributed by atoms with E-state index in [2.05, 4.69) is 20.4 Å². The Morgan fingerprint density at radius 3 is 2.80 bits per heavy atom. The molecule has 0 radical (unpaired) electrons. The molecule has 8 heteroatoms. The second-order valence-corrected chi connectivity index (χ2v) is 5.87. The molecule has 0 unspecified atom stereocenters. The number of carbonyl (C=O) groups excluding carboxylic acids is 2. The van der Waals surface area contributed by atoms with Crippen LogP contribution in [0.4, 0.5) is 5.69 Å². The maximum absolute atomic E-state index is 12.6. The molecule has 1 saturated heterocycles. The molecule has 0 aliphatic carbocycles. The van der Waals surface area contributed by atoms with E-state index in [9.17, 15) is 9.59 Å². The molecule has 1 aliphatic rings. The van der Waals surface area contributed by atoms with E-state index in [0.717, 1.165) is 11.4 Å². The molecule has 1 N–H and O–H groups in total. The summed E-state index contributed by atoms with van der Waals surface area (Å²) in [5.74, 6) is -0.239. The van der Waals surface area contributed by atoms with Gasteiger partial charge in [-0.15, -0.1) is 5.10 Å².